The van der Waals surface area contributed by atoms with Gasteiger partial charge in [0.2, 0.25) is 0 Å². The van der Waals surface area contributed by atoms with Crippen molar-refractivity contribution in [1.82, 2.24) is 0 Å². The summed E-state index contributed by atoms with van der Waals surface area (Å²) in [6, 6.07) is 12.5. The molecule has 19 heavy (non-hydrogen) atoms. The summed E-state index contributed by atoms with van der Waals surface area (Å²) in [5.74, 6) is 0.524. The van der Waals surface area contributed by atoms with E-state index in [1.54, 1.807) is 30.3 Å². The quantitative estimate of drug-likeness (QED) is 0.913. The van der Waals surface area contributed by atoms with Crippen molar-refractivity contribution >= 4 is 27.0 Å². The molecule has 102 valence electrons. The normalized spacial score (nSPS) is 11.7. The molecule has 0 aliphatic carbocycles. The Bertz CT molecular complexity index is 630. The van der Waals surface area contributed by atoms with Crippen LogP contribution in [0, 0.1) is 5.92 Å². The number of hydrogen-bond donors (Lipinski definition) is 1. The Balaban J connectivity index is 2.18. The van der Waals surface area contributed by atoms with Crippen molar-refractivity contribution < 1.29 is 8.42 Å². The largest absolute Gasteiger partial charge is 0.279 e. The first kappa shape index (κ1) is 14.1. The summed E-state index contributed by atoms with van der Waals surface area (Å²) in [4.78, 5) is 1.10. The number of benzene rings is 1. The Morgan fingerprint density at radius 3 is 2.42 bits per heavy atom. The van der Waals surface area contributed by atoms with Gasteiger partial charge in [0, 0.05) is 10.6 Å². The molecule has 1 N–H and O–H groups in total. The van der Waals surface area contributed by atoms with Crippen LogP contribution in [0.2, 0.25) is 0 Å². The van der Waals surface area contributed by atoms with E-state index in [9.17, 15) is 8.42 Å². The van der Waals surface area contributed by atoms with Crippen LogP contribution in [-0.4, -0.2) is 8.42 Å². The van der Waals surface area contributed by atoms with Gasteiger partial charge in [-0.15, -0.1) is 11.3 Å². The van der Waals surface area contributed by atoms with Gasteiger partial charge in [0.05, 0.1) is 0 Å². The van der Waals surface area contributed by atoms with E-state index in [0.29, 0.717) is 15.8 Å². The third-order valence-corrected chi connectivity index (χ3v) is 5.52. The van der Waals surface area contributed by atoms with Crippen molar-refractivity contribution in [3.05, 3.63) is 47.3 Å². The molecule has 2 aromatic rings. The van der Waals surface area contributed by atoms with Crippen molar-refractivity contribution in [2.45, 2.75) is 24.5 Å². The molecule has 3 nitrogen and oxygen atoms in total. The molecule has 0 unspecified atom stereocenters. The number of para-hydroxylation sites is 1. The molecule has 2 rings (SSSR count). The first-order chi connectivity index (χ1) is 8.97. The summed E-state index contributed by atoms with van der Waals surface area (Å²) in [5, 5.41) is 0. The average Bonchev–Trinajstić information content (AvgIpc) is 2.78. The van der Waals surface area contributed by atoms with Gasteiger partial charge < -0.3 is 0 Å². The Morgan fingerprint density at radius 2 is 1.79 bits per heavy atom. The van der Waals surface area contributed by atoms with Crippen LogP contribution in [0.3, 0.4) is 0 Å². The second-order valence-corrected chi connectivity index (χ2v) is 7.87. The van der Waals surface area contributed by atoms with Crippen LogP contribution >= 0.6 is 11.3 Å². The van der Waals surface area contributed by atoms with Crippen molar-refractivity contribution in [2.24, 2.45) is 5.92 Å². The van der Waals surface area contributed by atoms with Crippen LogP contribution in [-0.2, 0) is 16.4 Å². The van der Waals surface area contributed by atoms with E-state index in [1.807, 2.05) is 12.1 Å². The maximum atomic E-state index is 12.2. The van der Waals surface area contributed by atoms with Crippen LogP contribution < -0.4 is 4.72 Å². The Labute approximate surface area is 118 Å². The molecule has 0 spiro atoms. The Morgan fingerprint density at radius 1 is 1.11 bits per heavy atom. The molecule has 0 aliphatic heterocycles. The highest BCUT2D eigenvalue weighted by Crippen LogP contribution is 2.25. The highest BCUT2D eigenvalue weighted by atomic mass is 32.2. The van der Waals surface area contributed by atoms with Gasteiger partial charge in [0.25, 0.3) is 10.0 Å². The van der Waals surface area contributed by atoms with E-state index in [2.05, 4.69) is 18.6 Å². The minimum atomic E-state index is -3.46. The molecule has 0 amide bonds. The molecule has 0 saturated carbocycles. The number of anilines is 1. The predicted molar refractivity (Wildman–Crippen MR) is 80.1 cm³/mol. The molecule has 0 aliphatic rings. The van der Waals surface area contributed by atoms with Gasteiger partial charge in [-0.2, -0.15) is 0 Å². The standard InChI is InChI=1S/C14H17NO2S2/c1-11(2)10-13-8-9-14(18-13)19(16,17)15-12-6-4-3-5-7-12/h3-9,11,15H,10H2,1-2H3. The first-order valence-electron chi connectivity index (χ1n) is 6.14. The van der Waals surface area contributed by atoms with Crippen LogP contribution in [0.1, 0.15) is 18.7 Å². The molecule has 0 fully saturated rings. The molecule has 0 bridgehead atoms. The number of thiophene rings is 1. The van der Waals surface area contributed by atoms with Crippen molar-refractivity contribution in [1.29, 1.82) is 0 Å². The average molecular weight is 295 g/mol. The Hall–Kier alpha value is -1.33. The van der Waals surface area contributed by atoms with E-state index >= 15 is 0 Å². The van der Waals surface area contributed by atoms with Gasteiger partial charge in [0.15, 0.2) is 0 Å². The summed E-state index contributed by atoms with van der Waals surface area (Å²) in [7, 11) is -3.46. The number of nitrogens with one attached hydrogen (secondary N) is 1. The second-order valence-electron chi connectivity index (χ2n) is 4.79. The Kier molecular flexibility index (Phi) is 4.27. The van der Waals surface area contributed by atoms with Gasteiger partial charge in [-0.05, 0) is 36.6 Å². The minimum Gasteiger partial charge on any atom is -0.279 e. The SMILES string of the molecule is CC(C)Cc1ccc(S(=O)(=O)Nc2ccccc2)s1. The highest BCUT2D eigenvalue weighted by Gasteiger charge is 2.17. The summed E-state index contributed by atoms with van der Waals surface area (Å²) in [6.45, 7) is 4.24. The second kappa shape index (κ2) is 5.75. The molecule has 5 heteroatoms. The van der Waals surface area contributed by atoms with Crippen molar-refractivity contribution in [3.8, 4) is 0 Å². The first-order valence-corrected chi connectivity index (χ1v) is 8.44. The summed E-state index contributed by atoms with van der Waals surface area (Å²) >= 11 is 1.34. The van der Waals surface area contributed by atoms with E-state index in [0.717, 1.165) is 11.3 Å². The predicted octanol–water partition coefficient (Wildman–Crippen LogP) is 3.75. The third kappa shape index (κ3) is 3.81. The highest BCUT2D eigenvalue weighted by molar-refractivity contribution is 7.94. The smallest absolute Gasteiger partial charge is 0.271 e. The lowest BCUT2D eigenvalue weighted by molar-refractivity contribution is 0.603. The molecule has 1 aromatic carbocycles. The maximum Gasteiger partial charge on any atom is 0.271 e. The van der Waals surface area contributed by atoms with E-state index < -0.39 is 10.0 Å². The zero-order valence-electron chi connectivity index (χ0n) is 11.0. The topological polar surface area (TPSA) is 46.2 Å². The number of hydrogen-bond acceptors (Lipinski definition) is 3. The lowest BCUT2D eigenvalue weighted by atomic mass is 10.1. The van der Waals surface area contributed by atoms with Crippen molar-refractivity contribution in [3.63, 3.8) is 0 Å². The molecule has 1 heterocycles. The number of rotatable bonds is 5. The van der Waals surface area contributed by atoms with Gasteiger partial charge in [-0.3, -0.25) is 4.72 Å². The fraction of sp³-hybridized carbons (Fsp3) is 0.286. The zero-order valence-corrected chi connectivity index (χ0v) is 12.6. The maximum absolute atomic E-state index is 12.2. The fourth-order valence-electron chi connectivity index (χ4n) is 1.73. The minimum absolute atomic E-state index is 0.368. The lowest BCUT2D eigenvalue weighted by Crippen LogP contribution is -2.11. The summed E-state index contributed by atoms with van der Waals surface area (Å²) in [5.41, 5.74) is 0.585. The molecule has 0 saturated heterocycles. The summed E-state index contributed by atoms with van der Waals surface area (Å²) < 4.78 is 27.4. The molecule has 0 radical (unpaired) electrons. The molecular weight excluding hydrogens is 278 g/mol. The van der Waals surface area contributed by atoms with Gasteiger partial charge in [0.1, 0.15) is 4.21 Å². The number of sulfonamides is 1. The van der Waals surface area contributed by atoms with E-state index in [4.69, 9.17) is 0 Å². The van der Waals surface area contributed by atoms with Crippen LogP contribution in [0.25, 0.3) is 0 Å². The van der Waals surface area contributed by atoms with Gasteiger partial charge >= 0.3 is 0 Å². The molecule has 0 atom stereocenters. The molecular formula is C14H17NO2S2. The van der Waals surface area contributed by atoms with Crippen molar-refractivity contribution in [2.75, 3.05) is 4.72 Å². The van der Waals surface area contributed by atoms with Gasteiger partial charge in [-0.1, -0.05) is 32.0 Å². The van der Waals surface area contributed by atoms with Crippen LogP contribution in [0.5, 0.6) is 0 Å². The lowest BCUT2D eigenvalue weighted by Gasteiger charge is -2.05. The van der Waals surface area contributed by atoms with E-state index in [-0.39, 0.29) is 0 Å². The van der Waals surface area contributed by atoms with Crippen LogP contribution in [0.15, 0.2) is 46.7 Å². The zero-order chi connectivity index (χ0) is 13.9. The van der Waals surface area contributed by atoms with Crippen LogP contribution in [0.4, 0.5) is 5.69 Å². The van der Waals surface area contributed by atoms with E-state index in [1.165, 1.54) is 11.3 Å². The third-order valence-electron chi connectivity index (χ3n) is 2.54. The molecule has 1 aromatic heterocycles. The summed E-state index contributed by atoms with van der Waals surface area (Å²) in [6.07, 6.45) is 0.908. The van der Waals surface area contributed by atoms with Gasteiger partial charge in [-0.25, -0.2) is 8.42 Å². The fourth-order valence-corrected chi connectivity index (χ4v) is 4.35. The monoisotopic (exact) mass is 295 g/mol.